The number of nitrogens with one attached hydrogen (secondary N) is 1. The maximum atomic E-state index is 12.5. The molecule has 2 heterocycles. The predicted octanol–water partition coefficient (Wildman–Crippen LogP) is 3.70. The van der Waals surface area contributed by atoms with Gasteiger partial charge in [-0.1, -0.05) is 12.1 Å². The average Bonchev–Trinajstić information content (AvgIpc) is 2.99. The van der Waals surface area contributed by atoms with Gasteiger partial charge in [-0.25, -0.2) is 9.98 Å². The Kier molecular flexibility index (Phi) is 6.64. The number of aryl methyl sites for hydroxylation is 2. The molecular formula is C22H26F3N5O. The van der Waals surface area contributed by atoms with Gasteiger partial charge in [0.1, 0.15) is 11.6 Å². The summed E-state index contributed by atoms with van der Waals surface area (Å²) >= 11 is 0. The summed E-state index contributed by atoms with van der Waals surface area (Å²) in [5.74, 6) is 0.583. The van der Waals surface area contributed by atoms with E-state index in [9.17, 15) is 18.0 Å². The van der Waals surface area contributed by atoms with E-state index in [4.69, 9.17) is 0 Å². The number of aromatic nitrogens is 2. The highest BCUT2D eigenvalue weighted by molar-refractivity contribution is 5.83. The van der Waals surface area contributed by atoms with Crippen LogP contribution < -0.4 is 5.32 Å². The standard InChI is InChI=1S/C22H26F3N5O/c1-14-5-6-16(19-11-27-15(2)29(19)4)9-17(14)10-20(26-3)28-21(31)18-12-30(13-18)8-7-22(23,24)25/h5-6,9-11,18H,3,7-8,12-13H2,1-2,4H3,(H,28,31)/b20-10+. The van der Waals surface area contributed by atoms with E-state index in [1.807, 2.05) is 49.9 Å². The van der Waals surface area contributed by atoms with Crippen LogP contribution in [0.15, 0.2) is 35.2 Å². The van der Waals surface area contributed by atoms with Crippen LogP contribution in [0.1, 0.15) is 23.4 Å². The molecule has 6 nitrogen and oxygen atoms in total. The van der Waals surface area contributed by atoms with Crippen LogP contribution in [0, 0.1) is 19.8 Å². The van der Waals surface area contributed by atoms with Crippen molar-refractivity contribution in [2.24, 2.45) is 18.0 Å². The Hall–Kier alpha value is -2.94. The molecule has 0 spiro atoms. The smallest absolute Gasteiger partial charge is 0.331 e. The van der Waals surface area contributed by atoms with E-state index in [1.165, 1.54) is 0 Å². The topological polar surface area (TPSA) is 62.5 Å². The zero-order chi connectivity index (χ0) is 22.8. The second-order valence-electron chi connectivity index (χ2n) is 7.82. The first-order valence-corrected chi connectivity index (χ1v) is 9.95. The number of hydrogen-bond acceptors (Lipinski definition) is 4. The molecule has 0 saturated carbocycles. The highest BCUT2D eigenvalue weighted by Gasteiger charge is 2.35. The van der Waals surface area contributed by atoms with Crippen molar-refractivity contribution in [2.45, 2.75) is 26.4 Å². The third kappa shape index (κ3) is 5.61. The Balaban J connectivity index is 1.67. The number of hydrogen-bond donors (Lipinski definition) is 1. The Morgan fingerprint density at radius 2 is 2.06 bits per heavy atom. The van der Waals surface area contributed by atoms with Gasteiger partial charge in [0.05, 0.1) is 24.2 Å². The van der Waals surface area contributed by atoms with Gasteiger partial charge in [-0.3, -0.25) is 4.79 Å². The number of carbonyl (C=O) groups excluding carboxylic acids is 1. The molecule has 3 rings (SSSR count). The Morgan fingerprint density at radius 1 is 1.35 bits per heavy atom. The lowest BCUT2D eigenvalue weighted by molar-refractivity contribution is -0.143. The van der Waals surface area contributed by atoms with E-state index in [2.05, 4.69) is 22.0 Å². The minimum absolute atomic E-state index is 0.0881. The first-order valence-electron chi connectivity index (χ1n) is 9.95. The van der Waals surface area contributed by atoms with E-state index in [0.717, 1.165) is 28.2 Å². The van der Waals surface area contributed by atoms with E-state index in [0.29, 0.717) is 18.9 Å². The number of imidazole rings is 1. The van der Waals surface area contributed by atoms with E-state index in [-0.39, 0.29) is 18.4 Å². The summed E-state index contributed by atoms with van der Waals surface area (Å²) in [7, 11) is 1.95. The maximum Gasteiger partial charge on any atom is 0.390 e. The van der Waals surface area contributed by atoms with Gasteiger partial charge in [0.25, 0.3) is 0 Å². The molecular weight excluding hydrogens is 407 g/mol. The summed E-state index contributed by atoms with van der Waals surface area (Å²) in [5.41, 5.74) is 3.83. The first-order chi connectivity index (χ1) is 14.6. The highest BCUT2D eigenvalue weighted by Crippen LogP contribution is 2.25. The summed E-state index contributed by atoms with van der Waals surface area (Å²) in [6, 6.07) is 5.98. The first kappa shape index (κ1) is 22.7. The SMILES string of the molecule is C=N/C(=C\c1cc(-c2cnc(C)n2C)ccc1C)NC(=O)C1CN(CCC(F)(F)F)C1. The van der Waals surface area contributed by atoms with E-state index >= 15 is 0 Å². The second-order valence-corrected chi connectivity index (χ2v) is 7.82. The van der Waals surface area contributed by atoms with Crippen molar-refractivity contribution in [3.63, 3.8) is 0 Å². The number of carbonyl (C=O) groups is 1. The lowest BCUT2D eigenvalue weighted by atomic mass is 9.98. The zero-order valence-corrected chi connectivity index (χ0v) is 17.8. The number of aliphatic imine (C=N–C) groups is 1. The number of likely N-dealkylation sites (tertiary alicyclic amines) is 1. The van der Waals surface area contributed by atoms with Crippen molar-refractivity contribution >= 4 is 18.7 Å². The molecule has 1 saturated heterocycles. The molecule has 1 fully saturated rings. The molecule has 9 heteroatoms. The largest absolute Gasteiger partial charge is 0.390 e. The summed E-state index contributed by atoms with van der Waals surface area (Å²) in [6.07, 6.45) is -1.50. The minimum Gasteiger partial charge on any atom is -0.331 e. The van der Waals surface area contributed by atoms with Crippen LogP contribution in [-0.4, -0.2) is 52.9 Å². The van der Waals surface area contributed by atoms with Crippen LogP contribution in [0.2, 0.25) is 0 Å². The molecule has 1 aliphatic rings. The summed E-state index contributed by atoms with van der Waals surface area (Å²) < 4.78 is 38.9. The monoisotopic (exact) mass is 433 g/mol. The van der Waals surface area contributed by atoms with Crippen molar-refractivity contribution in [2.75, 3.05) is 19.6 Å². The Morgan fingerprint density at radius 3 is 2.65 bits per heavy atom. The molecule has 1 aliphatic heterocycles. The van der Waals surface area contributed by atoms with Crippen LogP contribution in [0.25, 0.3) is 17.3 Å². The van der Waals surface area contributed by atoms with Crippen molar-refractivity contribution in [1.82, 2.24) is 19.8 Å². The molecule has 31 heavy (non-hydrogen) atoms. The van der Waals surface area contributed by atoms with E-state index < -0.39 is 12.6 Å². The Bertz CT molecular complexity index is 1000. The zero-order valence-electron chi connectivity index (χ0n) is 17.8. The van der Waals surface area contributed by atoms with Crippen LogP contribution in [0.4, 0.5) is 13.2 Å². The van der Waals surface area contributed by atoms with Gasteiger partial charge in [-0.05, 0) is 43.8 Å². The van der Waals surface area contributed by atoms with Gasteiger partial charge in [0, 0.05) is 32.2 Å². The van der Waals surface area contributed by atoms with Gasteiger partial charge < -0.3 is 14.8 Å². The van der Waals surface area contributed by atoms with Gasteiger partial charge in [-0.2, -0.15) is 13.2 Å². The predicted molar refractivity (Wildman–Crippen MR) is 114 cm³/mol. The highest BCUT2D eigenvalue weighted by atomic mass is 19.4. The molecule has 2 aromatic rings. The molecule has 1 aromatic heterocycles. The molecule has 1 N–H and O–H groups in total. The van der Waals surface area contributed by atoms with Crippen LogP contribution >= 0.6 is 0 Å². The van der Waals surface area contributed by atoms with Crippen LogP contribution in [0.5, 0.6) is 0 Å². The van der Waals surface area contributed by atoms with Crippen LogP contribution in [0.3, 0.4) is 0 Å². The second kappa shape index (κ2) is 9.05. The summed E-state index contributed by atoms with van der Waals surface area (Å²) in [4.78, 5) is 22.3. The molecule has 1 aromatic carbocycles. The molecule has 166 valence electrons. The van der Waals surface area contributed by atoms with Crippen molar-refractivity contribution in [3.05, 3.63) is 47.2 Å². The van der Waals surface area contributed by atoms with Crippen LogP contribution in [-0.2, 0) is 11.8 Å². The molecule has 1 amide bonds. The van der Waals surface area contributed by atoms with Crippen molar-refractivity contribution in [3.8, 4) is 11.3 Å². The molecule has 0 unspecified atom stereocenters. The minimum atomic E-state index is -4.18. The lowest BCUT2D eigenvalue weighted by Crippen LogP contribution is -2.53. The van der Waals surface area contributed by atoms with Crippen molar-refractivity contribution in [1.29, 1.82) is 0 Å². The molecule has 0 atom stereocenters. The molecule has 0 radical (unpaired) electrons. The quantitative estimate of drug-likeness (QED) is 0.678. The number of benzene rings is 1. The third-order valence-electron chi connectivity index (χ3n) is 5.55. The van der Waals surface area contributed by atoms with Crippen molar-refractivity contribution < 1.29 is 18.0 Å². The third-order valence-corrected chi connectivity index (χ3v) is 5.55. The number of halogens is 3. The normalized spacial score (nSPS) is 15.6. The van der Waals surface area contributed by atoms with Gasteiger partial charge >= 0.3 is 6.18 Å². The fourth-order valence-corrected chi connectivity index (χ4v) is 3.43. The number of nitrogens with zero attached hydrogens (tertiary/aromatic N) is 4. The number of rotatable bonds is 7. The number of alkyl halides is 3. The van der Waals surface area contributed by atoms with Gasteiger partial charge in [-0.15, -0.1) is 0 Å². The lowest BCUT2D eigenvalue weighted by Gasteiger charge is -2.38. The summed E-state index contributed by atoms with van der Waals surface area (Å²) in [5, 5.41) is 2.74. The Labute approximate surface area is 179 Å². The molecule has 0 bridgehead atoms. The maximum absolute atomic E-state index is 12.5. The van der Waals surface area contributed by atoms with Gasteiger partial charge in [0.15, 0.2) is 0 Å². The van der Waals surface area contributed by atoms with E-state index in [1.54, 1.807) is 11.0 Å². The molecule has 0 aliphatic carbocycles. The summed E-state index contributed by atoms with van der Waals surface area (Å²) in [6.45, 7) is 7.94. The fourth-order valence-electron chi connectivity index (χ4n) is 3.43. The van der Waals surface area contributed by atoms with Gasteiger partial charge in [0.2, 0.25) is 5.91 Å². The fraction of sp³-hybridized carbons (Fsp3) is 0.409. The average molecular weight is 433 g/mol. The number of amides is 1.